The topological polar surface area (TPSA) is 58.4 Å². The largest absolute Gasteiger partial charge is 0.468 e. The van der Waals surface area contributed by atoms with Crippen molar-refractivity contribution in [3.63, 3.8) is 0 Å². The molecule has 0 bridgehead atoms. The van der Waals surface area contributed by atoms with Gasteiger partial charge in [0.05, 0.1) is 18.1 Å². The molecule has 1 amide bonds. The van der Waals surface area contributed by atoms with E-state index in [4.69, 9.17) is 4.42 Å². The second-order valence-electron chi connectivity index (χ2n) is 5.40. The zero-order valence-electron chi connectivity index (χ0n) is 14.3. The molecule has 0 radical (unpaired) electrons. The third-order valence-corrected chi connectivity index (χ3v) is 4.87. The van der Waals surface area contributed by atoms with Crippen LogP contribution in [0.15, 0.2) is 47.3 Å². The fourth-order valence-electron chi connectivity index (χ4n) is 2.56. The standard InChI is InChI=1S/C18H25N3O2S/c1-3-21(4-2)16(17-6-5-11-23-17)12-20-18(22)14-24-13-15-7-9-19-10-8-15/h5-11,16H,3-4,12-14H2,1-2H3,(H,20,22)/t16-/m1/s1. The molecule has 24 heavy (non-hydrogen) atoms. The Morgan fingerprint density at radius 3 is 2.67 bits per heavy atom. The van der Waals surface area contributed by atoms with Crippen LogP contribution in [0.5, 0.6) is 0 Å². The smallest absolute Gasteiger partial charge is 0.230 e. The number of nitrogens with one attached hydrogen (secondary N) is 1. The maximum Gasteiger partial charge on any atom is 0.230 e. The highest BCUT2D eigenvalue weighted by Gasteiger charge is 2.21. The van der Waals surface area contributed by atoms with Gasteiger partial charge in [0.1, 0.15) is 5.76 Å². The zero-order valence-corrected chi connectivity index (χ0v) is 15.1. The van der Waals surface area contributed by atoms with Crippen LogP contribution in [0.2, 0.25) is 0 Å². The van der Waals surface area contributed by atoms with E-state index in [1.807, 2.05) is 24.3 Å². The van der Waals surface area contributed by atoms with Crippen molar-refractivity contribution in [1.29, 1.82) is 0 Å². The van der Waals surface area contributed by atoms with E-state index in [-0.39, 0.29) is 11.9 Å². The van der Waals surface area contributed by atoms with Crippen molar-refractivity contribution in [1.82, 2.24) is 15.2 Å². The molecule has 0 saturated carbocycles. The molecule has 2 rings (SSSR count). The molecule has 2 heterocycles. The molecule has 0 aliphatic carbocycles. The average molecular weight is 347 g/mol. The Bertz CT molecular complexity index is 586. The lowest BCUT2D eigenvalue weighted by atomic mass is 10.2. The van der Waals surface area contributed by atoms with Crippen LogP contribution in [-0.2, 0) is 10.5 Å². The lowest BCUT2D eigenvalue weighted by Gasteiger charge is -2.28. The number of amides is 1. The second kappa shape index (κ2) is 10.2. The number of nitrogens with zero attached hydrogens (tertiary/aromatic N) is 2. The van der Waals surface area contributed by atoms with Gasteiger partial charge in [-0.2, -0.15) is 0 Å². The van der Waals surface area contributed by atoms with E-state index in [0.717, 1.165) is 24.6 Å². The van der Waals surface area contributed by atoms with E-state index in [1.165, 1.54) is 5.56 Å². The van der Waals surface area contributed by atoms with Gasteiger partial charge in [-0.1, -0.05) is 13.8 Å². The molecule has 0 spiro atoms. The van der Waals surface area contributed by atoms with Gasteiger partial charge in [0.15, 0.2) is 0 Å². The molecule has 0 aliphatic heterocycles. The monoisotopic (exact) mass is 347 g/mol. The summed E-state index contributed by atoms with van der Waals surface area (Å²) in [7, 11) is 0. The lowest BCUT2D eigenvalue weighted by molar-refractivity contribution is -0.118. The molecule has 0 saturated heterocycles. The predicted molar refractivity (Wildman–Crippen MR) is 97.8 cm³/mol. The summed E-state index contributed by atoms with van der Waals surface area (Å²) in [5.74, 6) is 2.21. The Kier molecular flexibility index (Phi) is 7.85. The minimum Gasteiger partial charge on any atom is -0.468 e. The van der Waals surface area contributed by atoms with Crippen LogP contribution in [0.25, 0.3) is 0 Å². The van der Waals surface area contributed by atoms with Gasteiger partial charge in [-0.3, -0.25) is 14.7 Å². The van der Waals surface area contributed by atoms with Crippen molar-refractivity contribution in [3.05, 3.63) is 54.2 Å². The van der Waals surface area contributed by atoms with Crippen LogP contribution in [0.1, 0.15) is 31.2 Å². The second-order valence-corrected chi connectivity index (χ2v) is 6.39. The molecule has 0 fully saturated rings. The summed E-state index contributed by atoms with van der Waals surface area (Å²) in [5.41, 5.74) is 1.18. The SMILES string of the molecule is CCN(CC)[C@H](CNC(=O)CSCc1ccncc1)c1ccco1. The van der Waals surface area contributed by atoms with Crippen LogP contribution in [0.4, 0.5) is 0 Å². The number of aromatic nitrogens is 1. The third-order valence-electron chi connectivity index (χ3n) is 3.87. The highest BCUT2D eigenvalue weighted by molar-refractivity contribution is 7.99. The number of thioether (sulfide) groups is 1. The normalized spacial score (nSPS) is 12.3. The zero-order chi connectivity index (χ0) is 17.2. The molecular formula is C18H25N3O2S. The lowest BCUT2D eigenvalue weighted by Crippen LogP contribution is -2.38. The van der Waals surface area contributed by atoms with Crippen LogP contribution < -0.4 is 5.32 Å². The summed E-state index contributed by atoms with van der Waals surface area (Å²) < 4.78 is 5.55. The van der Waals surface area contributed by atoms with Gasteiger partial charge < -0.3 is 9.73 Å². The first-order valence-corrected chi connectivity index (χ1v) is 9.40. The van der Waals surface area contributed by atoms with Crippen molar-refractivity contribution < 1.29 is 9.21 Å². The Morgan fingerprint density at radius 2 is 2.04 bits per heavy atom. The quantitative estimate of drug-likeness (QED) is 0.716. The van der Waals surface area contributed by atoms with Gasteiger partial charge in [0.2, 0.25) is 5.91 Å². The Hall–Kier alpha value is -1.79. The van der Waals surface area contributed by atoms with Gasteiger partial charge in [0, 0.05) is 24.7 Å². The third kappa shape index (κ3) is 5.69. The molecule has 6 heteroatoms. The maximum atomic E-state index is 12.1. The van der Waals surface area contributed by atoms with E-state index in [1.54, 1.807) is 30.4 Å². The molecule has 130 valence electrons. The van der Waals surface area contributed by atoms with Crippen molar-refractivity contribution >= 4 is 17.7 Å². The molecule has 5 nitrogen and oxygen atoms in total. The Labute approximate surface area is 147 Å². The van der Waals surface area contributed by atoms with Gasteiger partial charge >= 0.3 is 0 Å². The number of hydrogen-bond donors (Lipinski definition) is 1. The van der Waals surface area contributed by atoms with Crippen LogP contribution in [0.3, 0.4) is 0 Å². The molecule has 0 aromatic carbocycles. The van der Waals surface area contributed by atoms with Gasteiger partial charge in [-0.25, -0.2) is 0 Å². The van der Waals surface area contributed by atoms with E-state index in [0.29, 0.717) is 12.3 Å². The minimum absolute atomic E-state index is 0.0535. The number of hydrogen-bond acceptors (Lipinski definition) is 5. The van der Waals surface area contributed by atoms with E-state index in [2.05, 4.69) is 29.0 Å². The predicted octanol–water partition coefficient (Wildman–Crippen LogP) is 3.11. The van der Waals surface area contributed by atoms with Crippen molar-refractivity contribution in [2.45, 2.75) is 25.6 Å². The summed E-state index contributed by atoms with van der Waals surface area (Å²) in [6.45, 7) is 6.62. The number of pyridine rings is 1. The molecule has 2 aromatic heterocycles. The summed E-state index contributed by atoms with van der Waals surface area (Å²) in [6, 6.07) is 7.87. The molecule has 2 aromatic rings. The first-order valence-electron chi connectivity index (χ1n) is 8.25. The summed E-state index contributed by atoms with van der Waals surface area (Å²) in [4.78, 5) is 18.4. The summed E-state index contributed by atoms with van der Waals surface area (Å²) in [6.07, 6.45) is 5.22. The van der Waals surface area contributed by atoms with Crippen molar-refractivity contribution in [2.24, 2.45) is 0 Å². The molecule has 0 unspecified atom stereocenters. The highest BCUT2D eigenvalue weighted by atomic mass is 32.2. The average Bonchev–Trinajstić information content (AvgIpc) is 3.14. The Morgan fingerprint density at radius 1 is 1.29 bits per heavy atom. The highest BCUT2D eigenvalue weighted by Crippen LogP contribution is 2.20. The molecule has 0 aliphatic rings. The molecule has 1 atom stereocenters. The number of carbonyl (C=O) groups is 1. The molecular weight excluding hydrogens is 322 g/mol. The first-order chi connectivity index (χ1) is 11.7. The first kappa shape index (κ1) is 18.5. The number of rotatable bonds is 10. The van der Waals surface area contributed by atoms with E-state index in [9.17, 15) is 4.79 Å². The van der Waals surface area contributed by atoms with Crippen LogP contribution in [-0.4, -0.2) is 41.2 Å². The maximum absolute atomic E-state index is 12.1. The van der Waals surface area contributed by atoms with Crippen molar-refractivity contribution in [3.8, 4) is 0 Å². The van der Waals surface area contributed by atoms with Gasteiger partial charge in [0.25, 0.3) is 0 Å². The van der Waals surface area contributed by atoms with Gasteiger partial charge in [-0.05, 0) is 42.9 Å². The fraction of sp³-hybridized carbons (Fsp3) is 0.444. The summed E-state index contributed by atoms with van der Waals surface area (Å²) >= 11 is 1.61. The van der Waals surface area contributed by atoms with E-state index < -0.39 is 0 Å². The van der Waals surface area contributed by atoms with Gasteiger partial charge in [-0.15, -0.1) is 11.8 Å². The van der Waals surface area contributed by atoms with E-state index >= 15 is 0 Å². The Balaban J connectivity index is 1.79. The number of likely N-dealkylation sites (N-methyl/N-ethyl adjacent to an activating group) is 1. The number of carbonyl (C=O) groups excluding carboxylic acids is 1. The number of furan rings is 1. The minimum atomic E-state index is 0.0535. The molecule has 1 N–H and O–H groups in total. The fourth-order valence-corrected chi connectivity index (χ4v) is 3.37. The van der Waals surface area contributed by atoms with Crippen molar-refractivity contribution in [2.75, 3.05) is 25.4 Å². The van der Waals surface area contributed by atoms with Crippen LogP contribution >= 0.6 is 11.8 Å². The van der Waals surface area contributed by atoms with Crippen LogP contribution in [0, 0.1) is 0 Å². The summed E-state index contributed by atoms with van der Waals surface area (Å²) in [5, 5.41) is 3.03.